The van der Waals surface area contributed by atoms with E-state index in [9.17, 15) is 4.79 Å². The van der Waals surface area contributed by atoms with Crippen LogP contribution < -0.4 is 10.3 Å². The minimum Gasteiger partial charge on any atom is -0.495 e. The van der Waals surface area contributed by atoms with Crippen molar-refractivity contribution in [2.45, 2.75) is 18.8 Å². The molecule has 1 aromatic carbocycles. The van der Waals surface area contributed by atoms with Crippen molar-refractivity contribution < 1.29 is 4.74 Å². The van der Waals surface area contributed by atoms with E-state index in [0.29, 0.717) is 22.5 Å². The van der Waals surface area contributed by atoms with Crippen LogP contribution in [0.15, 0.2) is 29.1 Å². The highest BCUT2D eigenvalue weighted by Crippen LogP contribution is 2.39. The van der Waals surface area contributed by atoms with Crippen LogP contribution in [0.2, 0.25) is 5.02 Å². The third-order valence-corrected chi connectivity index (χ3v) is 3.48. The van der Waals surface area contributed by atoms with Crippen LogP contribution >= 0.6 is 11.6 Å². The Labute approximate surface area is 115 Å². The smallest absolute Gasteiger partial charge is 0.251 e. The van der Waals surface area contributed by atoms with Gasteiger partial charge in [0.15, 0.2) is 0 Å². The van der Waals surface area contributed by atoms with E-state index in [1.165, 1.54) is 0 Å². The maximum atomic E-state index is 11.7. The molecule has 1 saturated carbocycles. The van der Waals surface area contributed by atoms with Crippen LogP contribution in [0.3, 0.4) is 0 Å². The Balaban J connectivity index is 2.06. The average molecular weight is 277 g/mol. The highest BCUT2D eigenvalue weighted by Gasteiger charge is 2.26. The molecule has 1 aromatic heterocycles. The molecule has 1 aliphatic rings. The molecule has 0 radical (unpaired) electrons. The first-order valence-electron chi connectivity index (χ1n) is 6.12. The zero-order valence-corrected chi connectivity index (χ0v) is 11.2. The third kappa shape index (κ3) is 2.49. The molecule has 0 spiro atoms. The van der Waals surface area contributed by atoms with E-state index in [1.807, 2.05) is 6.07 Å². The standard InChI is InChI=1S/C14H13ClN2O2/c1-19-12-5-4-9(6-10(12)15)14-16-11(8-2-3-8)7-13(18)17-14/h4-8H,2-3H2,1H3,(H,16,17,18). The number of halogens is 1. The van der Waals surface area contributed by atoms with Gasteiger partial charge in [0.2, 0.25) is 0 Å². The van der Waals surface area contributed by atoms with Crippen LogP contribution in [-0.4, -0.2) is 17.1 Å². The summed E-state index contributed by atoms with van der Waals surface area (Å²) in [4.78, 5) is 18.9. The molecule has 0 saturated heterocycles. The van der Waals surface area contributed by atoms with Crippen LogP contribution in [0, 0.1) is 0 Å². The van der Waals surface area contributed by atoms with Crippen LogP contribution in [0.5, 0.6) is 5.75 Å². The quantitative estimate of drug-likeness (QED) is 0.938. The molecular formula is C14H13ClN2O2. The first-order valence-corrected chi connectivity index (χ1v) is 6.50. The Hall–Kier alpha value is -1.81. The van der Waals surface area contributed by atoms with Gasteiger partial charge < -0.3 is 9.72 Å². The Morgan fingerprint density at radius 1 is 1.37 bits per heavy atom. The minimum absolute atomic E-state index is 0.126. The molecule has 1 heterocycles. The predicted octanol–water partition coefficient (Wildman–Crippen LogP) is 2.98. The van der Waals surface area contributed by atoms with Crippen molar-refractivity contribution in [2.75, 3.05) is 7.11 Å². The van der Waals surface area contributed by atoms with Crippen molar-refractivity contribution in [1.82, 2.24) is 9.97 Å². The molecular weight excluding hydrogens is 264 g/mol. The van der Waals surface area contributed by atoms with E-state index in [2.05, 4.69) is 9.97 Å². The number of hydrogen-bond acceptors (Lipinski definition) is 3. The number of methoxy groups -OCH3 is 1. The number of H-pyrrole nitrogens is 1. The largest absolute Gasteiger partial charge is 0.495 e. The lowest BCUT2D eigenvalue weighted by atomic mass is 10.2. The van der Waals surface area contributed by atoms with E-state index in [0.717, 1.165) is 24.1 Å². The molecule has 0 aliphatic heterocycles. The van der Waals surface area contributed by atoms with Gasteiger partial charge in [0.25, 0.3) is 5.56 Å². The lowest BCUT2D eigenvalue weighted by Crippen LogP contribution is -2.09. The summed E-state index contributed by atoms with van der Waals surface area (Å²) in [6.45, 7) is 0. The molecule has 3 rings (SSSR count). The number of aromatic amines is 1. The fourth-order valence-electron chi connectivity index (χ4n) is 2.02. The Morgan fingerprint density at radius 3 is 2.79 bits per heavy atom. The summed E-state index contributed by atoms with van der Waals surface area (Å²) in [6, 6.07) is 6.92. The van der Waals surface area contributed by atoms with Gasteiger partial charge in [-0.05, 0) is 31.0 Å². The van der Waals surface area contributed by atoms with Gasteiger partial charge in [-0.25, -0.2) is 4.98 Å². The molecule has 19 heavy (non-hydrogen) atoms. The summed E-state index contributed by atoms with van der Waals surface area (Å²) >= 11 is 6.09. The average Bonchev–Trinajstić information content (AvgIpc) is 3.22. The fraction of sp³-hybridized carbons (Fsp3) is 0.286. The van der Waals surface area contributed by atoms with Gasteiger partial charge in [-0.1, -0.05) is 11.6 Å². The van der Waals surface area contributed by atoms with Gasteiger partial charge in [0, 0.05) is 17.5 Å². The summed E-state index contributed by atoms with van der Waals surface area (Å²) < 4.78 is 5.11. The minimum atomic E-state index is -0.126. The van der Waals surface area contributed by atoms with Crippen LogP contribution in [0.25, 0.3) is 11.4 Å². The van der Waals surface area contributed by atoms with Gasteiger partial charge >= 0.3 is 0 Å². The summed E-state index contributed by atoms with van der Waals surface area (Å²) in [5.74, 6) is 1.60. The van der Waals surface area contributed by atoms with Crippen molar-refractivity contribution in [1.29, 1.82) is 0 Å². The summed E-state index contributed by atoms with van der Waals surface area (Å²) in [7, 11) is 1.56. The molecule has 0 bridgehead atoms. The Kier molecular flexibility index (Phi) is 3.03. The van der Waals surface area contributed by atoms with Crippen molar-refractivity contribution in [3.63, 3.8) is 0 Å². The molecule has 0 unspecified atom stereocenters. The normalized spacial score (nSPS) is 14.4. The van der Waals surface area contributed by atoms with Crippen molar-refractivity contribution >= 4 is 11.6 Å². The van der Waals surface area contributed by atoms with Gasteiger partial charge in [-0.15, -0.1) is 0 Å². The molecule has 0 amide bonds. The molecule has 1 fully saturated rings. The first kappa shape index (κ1) is 12.2. The SMILES string of the molecule is COc1ccc(-c2nc(C3CC3)cc(=O)[nH]2)cc1Cl. The van der Waals surface area contributed by atoms with Crippen molar-refractivity contribution in [2.24, 2.45) is 0 Å². The molecule has 98 valence electrons. The van der Waals surface area contributed by atoms with E-state index < -0.39 is 0 Å². The zero-order valence-electron chi connectivity index (χ0n) is 10.4. The number of nitrogens with one attached hydrogen (secondary N) is 1. The highest BCUT2D eigenvalue weighted by atomic mass is 35.5. The molecule has 0 atom stereocenters. The number of nitrogens with zero attached hydrogens (tertiary/aromatic N) is 1. The van der Waals surface area contributed by atoms with Gasteiger partial charge in [-0.2, -0.15) is 0 Å². The molecule has 1 N–H and O–H groups in total. The van der Waals surface area contributed by atoms with Crippen LogP contribution in [0.4, 0.5) is 0 Å². The molecule has 5 heteroatoms. The lowest BCUT2D eigenvalue weighted by Gasteiger charge is -2.06. The number of ether oxygens (including phenoxy) is 1. The van der Waals surface area contributed by atoms with E-state index >= 15 is 0 Å². The Bertz CT molecular complexity index is 677. The molecule has 4 nitrogen and oxygen atoms in total. The topological polar surface area (TPSA) is 55.0 Å². The van der Waals surface area contributed by atoms with Crippen LogP contribution in [0.1, 0.15) is 24.5 Å². The summed E-state index contributed by atoms with van der Waals surface area (Å²) in [6.07, 6.45) is 2.22. The second-order valence-electron chi connectivity index (χ2n) is 4.64. The number of benzene rings is 1. The third-order valence-electron chi connectivity index (χ3n) is 3.18. The maximum absolute atomic E-state index is 11.7. The van der Waals surface area contributed by atoms with E-state index in [-0.39, 0.29) is 5.56 Å². The van der Waals surface area contributed by atoms with Crippen LogP contribution in [-0.2, 0) is 0 Å². The van der Waals surface area contributed by atoms with Crippen molar-refractivity contribution in [3.05, 3.63) is 45.3 Å². The second-order valence-corrected chi connectivity index (χ2v) is 5.05. The summed E-state index contributed by atoms with van der Waals surface area (Å²) in [5.41, 5.74) is 1.52. The monoisotopic (exact) mass is 276 g/mol. The summed E-state index contributed by atoms with van der Waals surface area (Å²) in [5, 5.41) is 0.500. The number of aromatic nitrogens is 2. The first-order chi connectivity index (χ1) is 9.17. The van der Waals surface area contributed by atoms with Gasteiger partial charge in [-0.3, -0.25) is 4.79 Å². The number of hydrogen-bond donors (Lipinski definition) is 1. The molecule has 2 aromatic rings. The molecule has 1 aliphatic carbocycles. The maximum Gasteiger partial charge on any atom is 0.251 e. The van der Waals surface area contributed by atoms with Crippen molar-refractivity contribution in [3.8, 4) is 17.1 Å². The highest BCUT2D eigenvalue weighted by molar-refractivity contribution is 6.32. The van der Waals surface area contributed by atoms with E-state index in [1.54, 1.807) is 25.3 Å². The number of rotatable bonds is 3. The lowest BCUT2D eigenvalue weighted by molar-refractivity contribution is 0.415. The zero-order chi connectivity index (χ0) is 13.4. The fourth-order valence-corrected chi connectivity index (χ4v) is 2.27. The van der Waals surface area contributed by atoms with Gasteiger partial charge in [0.05, 0.1) is 17.8 Å². The predicted molar refractivity (Wildman–Crippen MR) is 73.8 cm³/mol. The van der Waals surface area contributed by atoms with Gasteiger partial charge in [0.1, 0.15) is 11.6 Å². The second kappa shape index (κ2) is 4.70. The Morgan fingerprint density at radius 2 is 2.16 bits per heavy atom. The van der Waals surface area contributed by atoms with E-state index in [4.69, 9.17) is 16.3 Å².